The van der Waals surface area contributed by atoms with Crippen LogP contribution in [-0.2, 0) is 6.54 Å². The molecule has 0 heterocycles. The SMILES string of the molecule is COc1ccc(Cl)cc1CNc1ccccc1[N+](=O)[O-]. The van der Waals surface area contributed by atoms with Gasteiger partial charge in [0.15, 0.2) is 0 Å². The first kappa shape index (κ1) is 14.1. The van der Waals surface area contributed by atoms with Crippen LogP contribution in [0.5, 0.6) is 5.75 Å². The molecule has 0 unspecified atom stereocenters. The van der Waals surface area contributed by atoms with E-state index in [2.05, 4.69) is 5.32 Å². The van der Waals surface area contributed by atoms with Crippen LogP contribution >= 0.6 is 11.6 Å². The van der Waals surface area contributed by atoms with Crippen molar-refractivity contribution in [2.24, 2.45) is 0 Å². The summed E-state index contributed by atoms with van der Waals surface area (Å²) in [6, 6.07) is 11.7. The molecule has 0 bridgehead atoms. The molecule has 20 heavy (non-hydrogen) atoms. The van der Waals surface area contributed by atoms with Crippen LogP contribution < -0.4 is 10.1 Å². The Morgan fingerprint density at radius 3 is 2.75 bits per heavy atom. The summed E-state index contributed by atoms with van der Waals surface area (Å²) >= 11 is 5.95. The Morgan fingerprint density at radius 2 is 2.05 bits per heavy atom. The van der Waals surface area contributed by atoms with Crippen molar-refractivity contribution in [1.29, 1.82) is 0 Å². The van der Waals surface area contributed by atoms with Crippen molar-refractivity contribution in [2.45, 2.75) is 6.54 Å². The molecular weight excluding hydrogens is 280 g/mol. The highest BCUT2D eigenvalue weighted by Gasteiger charge is 2.12. The number of hydrogen-bond donors (Lipinski definition) is 1. The molecule has 5 nitrogen and oxygen atoms in total. The molecule has 2 rings (SSSR count). The lowest BCUT2D eigenvalue weighted by Gasteiger charge is -2.11. The highest BCUT2D eigenvalue weighted by atomic mass is 35.5. The number of rotatable bonds is 5. The minimum absolute atomic E-state index is 0.0356. The third kappa shape index (κ3) is 3.19. The molecule has 0 saturated heterocycles. The summed E-state index contributed by atoms with van der Waals surface area (Å²) in [7, 11) is 1.57. The zero-order valence-corrected chi connectivity index (χ0v) is 11.6. The quantitative estimate of drug-likeness (QED) is 0.671. The van der Waals surface area contributed by atoms with E-state index in [4.69, 9.17) is 16.3 Å². The second kappa shape index (κ2) is 6.25. The van der Waals surface area contributed by atoms with E-state index in [1.54, 1.807) is 43.5 Å². The minimum Gasteiger partial charge on any atom is -0.496 e. The second-order valence-corrected chi connectivity index (χ2v) is 4.52. The Morgan fingerprint density at radius 1 is 1.30 bits per heavy atom. The van der Waals surface area contributed by atoms with Crippen LogP contribution in [0, 0.1) is 10.1 Å². The Kier molecular flexibility index (Phi) is 4.42. The molecule has 0 aliphatic heterocycles. The predicted octanol–water partition coefficient (Wildman–Crippen LogP) is 3.87. The van der Waals surface area contributed by atoms with Crippen LogP contribution in [0.25, 0.3) is 0 Å². The summed E-state index contributed by atoms with van der Waals surface area (Å²) < 4.78 is 5.23. The maximum absolute atomic E-state index is 10.9. The fourth-order valence-corrected chi connectivity index (χ4v) is 2.05. The van der Waals surface area contributed by atoms with Gasteiger partial charge >= 0.3 is 0 Å². The average Bonchev–Trinajstić information content (AvgIpc) is 2.45. The molecule has 0 radical (unpaired) electrons. The van der Waals surface area contributed by atoms with E-state index in [1.807, 2.05) is 0 Å². The molecule has 0 spiro atoms. The number of methoxy groups -OCH3 is 1. The van der Waals surface area contributed by atoms with Crippen molar-refractivity contribution in [2.75, 3.05) is 12.4 Å². The highest BCUT2D eigenvalue weighted by Crippen LogP contribution is 2.27. The minimum atomic E-state index is -0.419. The van der Waals surface area contributed by atoms with E-state index in [9.17, 15) is 10.1 Å². The largest absolute Gasteiger partial charge is 0.496 e. The number of nitro groups is 1. The summed E-state index contributed by atoms with van der Waals surface area (Å²) in [5.74, 6) is 0.681. The number of para-hydroxylation sites is 2. The molecule has 0 saturated carbocycles. The number of nitrogens with zero attached hydrogens (tertiary/aromatic N) is 1. The zero-order valence-electron chi connectivity index (χ0n) is 10.8. The number of hydrogen-bond acceptors (Lipinski definition) is 4. The van der Waals surface area contributed by atoms with Gasteiger partial charge in [0.2, 0.25) is 0 Å². The maximum Gasteiger partial charge on any atom is 0.292 e. The fraction of sp³-hybridized carbons (Fsp3) is 0.143. The topological polar surface area (TPSA) is 64.4 Å². The van der Waals surface area contributed by atoms with Gasteiger partial charge in [0, 0.05) is 23.2 Å². The third-order valence-electron chi connectivity index (χ3n) is 2.81. The van der Waals surface area contributed by atoms with Gasteiger partial charge in [0.25, 0.3) is 5.69 Å². The Labute approximate surface area is 121 Å². The second-order valence-electron chi connectivity index (χ2n) is 4.08. The van der Waals surface area contributed by atoms with Gasteiger partial charge in [-0.2, -0.15) is 0 Å². The van der Waals surface area contributed by atoms with Crippen LogP contribution in [0.15, 0.2) is 42.5 Å². The Hall–Kier alpha value is -2.27. The summed E-state index contributed by atoms with van der Waals surface area (Å²) in [6.45, 7) is 0.384. The fourth-order valence-electron chi connectivity index (χ4n) is 1.86. The Bertz CT molecular complexity index is 632. The standard InChI is InChI=1S/C14H13ClN2O3/c1-20-14-7-6-11(15)8-10(14)9-16-12-4-2-3-5-13(12)17(18)19/h2-8,16H,9H2,1H3. The van der Waals surface area contributed by atoms with Gasteiger partial charge in [-0.1, -0.05) is 23.7 Å². The molecule has 6 heteroatoms. The highest BCUT2D eigenvalue weighted by molar-refractivity contribution is 6.30. The summed E-state index contributed by atoms with van der Waals surface area (Å²) in [6.07, 6.45) is 0. The van der Waals surface area contributed by atoms with Gasteiger partial charge in [-0.25, -0.2) is 0 Å². The van der Waals surface area contributed by atoms with Crippen molar-refractivity contribution in [1.82, 2.24) is 0 Å². The van der Waals surface area contributed by atoms with Gasteiger partial charge in [-0.15, -0.1) is 0 Å². The number of halogens is 1. The van der Waals surface area contributed by atoms with E-state index < -0.39 is 4.92 Å². The lowest BCUT2D eigenvalue weighted by Crippen LogP contribution is -2.04. The normalized spacial score (nSPS) is 10.1. The molecule has 0 aliphatic carbocycles. The monoisotopic (exact) mass is 292 g/mol. The van der Waals surface area contributed by atoms with Crippen LogP contribution in [-0.4, -0.2) is 12.0 Å². The van der Waals surface area contributed by atoms with Crippen LogP contribution in [0.3, 0.4) is 0 Å². The molecule has 104 valence electrons. The molecule has 2 aromatic rings. The van der Waals surface area contributed by atoms with E-state index in [1.165, 1.54) is 6.07 Å². The smallest absolute Gasteiger partial charge is 0.292 e. The number of benzene rings is 2. The molecule has 1 N–H and O–H groups in total. The molecular formula is C14H13ClN2O3. The number of anilines is 1. The van der Waals surface area contributed by atoms with E-state index in [0.717, 1.165) is 5.56 Å². The van der Waals surface area contributed by atoms with E-state index in [0.29, 0.717) is 23.0 Å². The maximum atomic E-state index is 10.9. The lowest BCUT2D eigenvalue weighted by molar-refractivity contribution is -0.384. The number of ether oxygens (including phenoxy) is 1. The van der Waals surface area contributed by atoms with Gasteiger partial charge in [0.05, 0.1) is 12.0 Å². The number of nitro benzene ring substituents is 1. The van der Waals surface area contributed by atoms with Gasteiger partial charge in [-0.05, 0) is 24.3 Å². The van der Waals surface area contributed by atoms with Crippen molar-refractivity contribution in [3.8, 4) is 5.75 Å². The molecule has 0 aromatic heterocycles. The molecule has 0 fully saturated rings. The van der Waals surface area contributed by atoms with Gasteiger partial charge in [0.1, 0.15) is 11.4 Å². The molecule has 2 aromatic carbocycles. The lowest BCUT2D eigenvalue weighted by atomic mass is 10.2. The van der Waals surface area contributed by atoms with Crippen LogP contribution in [0.4, 0.5) is 11.4 Å². The van der Waals surface area contributed by atoms with Crippen molar-refractivity contribution in [3.05, 3.63) is 63.2 Å². The third-order valence-corrected chi connectivity index (χ3v) is 3.05. The molecule has 0 aliphatic rings. The molecule has 0 atom stereocenters. The van der Waals surface area contributed by atoms with E-state index in [-0.39, 0.29) is 5.69 Å². The van der Waals surface area contributed by atoms with Crippen LogP contribution in [0.2, 0.25) is 5.02 Å². The summed E-state index contributed by atoms with van der Waals surface area (Å²) in [5.41, 5.74) is 1.33. The first-order chi connectivity index (χ1) is 9.61. The van der Waals surface area contributed by atoms with Gasteiger partial charge in [-0.3, -0.25) is 10.1 Å². The first-order valence-electron chi connectivity index (χ1n) is 5.91. The number of nitrogens with one attached hydrogen (secondary N) is 1. The van der Waals surface area contributed by atoms with Crippen molar-refractivity contribution < 1.29 is 9.66 Å². The van der Waals surface area contributed by atoms with E-state index >= 15 is 0 Å². The average molecular weight is 293 g/mol. The summed E-state index contributed by atoms with van der Waals surface area (Å²) in [5, 5.41) is 14.6. The van der Waals surface area contributed by atoms with Crippen LogP contribution in [0.1, 0.15) is 5.56 Å². The van der Waals surface area contributed by atoms with Crippen molar-refractivity contribution >= 4 is 23.0 Å². The molecule has 0 amide bonds. The zero-order chi connectivity index (χ0) is 14.5. The Balaban J connectivity index is 2.21. The van der Waals surface area contributed by atoms with Crippen molar-refractivity contribution in [3.63, 3.8) is 0 Å². The predicted molar refractivity (Wildman–Crippen MR) is 78.4 cm³/mol. The summed E-state index contributed by atoms with van der Waals surface area (Å²) in [4.78, 5) is 10.5. The van der Waals surface area contributed by atoms with Gasteiger partial charge < -0.3 is 10.1 Å². The first-order valence-corrected chi connectivity index (χ1v) is 6.29.